The maximum Gasteiger partial charge on any atom is 0.338 e. The van der Waals surface area contributed by atoms with Crippen molar-refractivity contribution >= 4 is 87.5 Å². The zero-order valence-electron chi connectivity index (χ0n) is 25.0. The molecule has 0 bridgehead atoms. The third-order valence-electron chi connectivity index (χ3n) is 4.83. The number of phenolic OH excluding ortho intramolecular Hbond substituents is 3. The molecule has 0 saturated carbocycles. The minimum Gasteiger partial charge on any atom is -0.505 e. The van der Waals surface area contributed by atoms with Gasteiger partial charge >= 0.3 is 17.9 Å². The summed E-state index contributed by atoms with van der Waals surface area (Å²) in [6.07, 6.45) is -1.37. The number of carbonyl (C=O) groups is 3. The van der Waals surface area contributed by atoms with E-state index >= 15 is 0 Å². The van der Waals surface area contributed by atoms with Crippen LogP contribution in [0.4, 0.5) is 0 Å². The standard InChI is InChI=1S/C24H14Cl6O9.3C2H6/c25-13-1-9(2-14(26)19(13)31)22(34)37-7-12(39-24(36)11-5-17(29)21(33)18(30)6-11)8-38-23(35)10-3-15(27)20(32)16(28)4-10;3*1-2/h1-6,12,31-33H,7-8H2;3*1-2H3. The summed E-state index contributed by atoms with van der Waals surface area (Å²) in [4.78, 5) is 37.8. The average Bonchev–Trinajstić information content (AvgIpc) is 3.04. The Kier molecular flexibility index (Phi) is 19.8. The summed E-state index contributed by atoms with van der Waals surface area (Å²) < 4.78 is 15.6. The van der Waals surface area contributed by atoms with Crippen LogP contribution in [0.2, 0.25) is 30.1 Å². The molecule has 0 fully saturated rings. The van der Waals surface area contributed by atoms with Crippen LogP contribution in [0.5, 0.6) is 17.2 Å². The van der Waals surface area contributed by atoms with Gasteiger partial charge in [-0.2, -0.15) is 0 Å². The number of hydrogen-bond acceptors (Lipinski definition) is 9. The number of esters is 3. The molecule has 0 aliphatic carbocycles. The molecule has 0 unspecified atom stereocenters. The van der Waals surface area contributed by atoms with Gasteiger partial charge < -0.3 is 29.5 Å². The van der Waals surface area contributed by atoms with Crippen molar-refractivity contribution in [3.05, 3.63) is 83.2 Å². The molecule has 15 heteroatoms. The first-order chi connectivity index (χ1) is 21.3. The first-order valence-corrected chi connectivity index (χ1v) is 15.6. The minimum absolute atomic E-state index is 0.129. The number of hydrogen-bond donors (Lipinski definition) is 3. The van der Waals surface area contributed by atoms with Crippen LogP contribution >= 0.6 is 69.6 Å². The van der Waals surface area contributed by atoms with Gasteiger partial charge in [-0.05, 0) is 36.4 Å². The van der Waals surface area contributed by atoms with Gasteiger partial charge in [-0.1, -0.05) is 111 Å². The maximum atomic E-state index is 12.7. The Labute approximate surface area is 291 Å². The Morgan fingerprint density at radius 3 is 0.978 bits per heavy atom. The Morgan fingerprint density at radius 1 is 0.511 bits per heavy atom. The molecule has 3 aromatic carbocycles. The highest BCUT2D eigenvalue weighted by Crippen LogP contribution is 2.35. The van der Waals surface area contributed by atoms with E-state index in [0.717, 1.165) is 36.4 Å². The van der Waals surface area contributed by atoms with Crippen molar-refractivity contribution in [1.29, 1.82) is 0 Å². The number of rotatable bonds is 8. The minimum atomic E-state index is -1.37. The zero-order chi connectivity index (χ0) is 35.0. The Morgan fingerprint density at radius 2 is 0.733 bits per heavy atom. The highest BCUT2D eigenvalue weighted by molar-refractivity contribution is 6.38. The summed E-state index contributed by atoms with van der Waals surface area (Å²) in [7, 11) is 0. The molecule has 3 N–H and O–H groups in total. The number of aromatic hydroxyl groups is 3. The van der Waals surface area contributed by atoms with E-state index in [0.29, 0.717) is 0 Å². The molecule has 0 spiro atoms. The Bertz CT molecular complexity index is 1320. The lowest BCUT2D eigenvalue weighted by atomic mass is 10.2. The number of benzene rings is 3. The molecule has 3 aromatic rings. The number of ether oxygens (including phenoxy) is 3. The van der Waals surface area contributed by atoms with Crippen LogP contribution in [0.25, 0.3) is 0 Å². The Balaban J connectivity index is 0.00000304. The summed E-state index contributed by atoms with van der Waals surface area (Å²) in [5, 5.41) is 27.8. The molecule has 0 amide bonds. The van der Waals surface area contributed by atoms with Gasteiger partial charge in [0.15, 0.2) is 23.4 Å². The van der Waals surface area contributed by atoms with Crippen molar-refractivity contribution < 1.29 is 43.9 Å². The lowest BCUT2D eigenvalue weighted by Gasteiger charge is -2.19. The van der Waals surface area contributed by atoms with Crippen LogP contribution in [-0.4, -0.2) is 52.5 Å². The van der Waals surface area contributed by atoms with Crippen LogP contribution in [0, 0.1) is 0 Å². The molecule has 9 nitrogen and oxygen atoms in total. The average molecular weight is 749 g/mol. The largest absolute Gasteiger partial charge is 0.505 e. The Hall–Kier alpha value is -2.79. The predicted molar refractivity (Wildman–Crippen MR) is 178 cm³/mol. The molecule has 0 aliphatic heterocycles. The molecule has 3 rings (SSSR count). The SMILES string of the molecule is CC.CC.CC.O=C(OCC(COC(=O)c1cc(Cl)c(O)c(Cl)c1)OC(=O)c1cc(Cl)c(O)c(Cl)c1)c1cc(Cl)c(O)c(Cl)c1. The second kappa shape index (κ2) is 21.1. The topological polar surface area (TPSA) is 140 Å². The van der Waals surface area contributed by atoms with Crippen LogP contribution in [0.1, 0.15) is 72.6 Å². The smallest absolute Gasteiger partial charge is 0.338 e. The fourth-order valence-electron chi connectivity index (χ4n) is 2.89. The quantitative estimate of drug-likeness (QED) is 0.152. The molecular formula is C30H32Cl6O9. The van der Waals surface area contributed by atoms with Gasteiger partial charge in [0, 0.05) is 0 Å². The van der Waals surface area contributed by atoms with Gasteiger partial charge in [0.05, 0.1) is 46.8 Å². The molecular weight excluding hydrogens is 717 g/mol. The highest BCUT2D eigenvalue weighted by atomic mass is 35.5. The van der Waals surface area contributed by atoms with Gasteiger partial charge in [0.2, 0.25) is 0 Å². The lowest BCUT2D eigenvalue weighted by molar-refractivity contribution is -0.0253. The van der Waals surface area contributed by atoms with Crippen LogP contribution in [-0.2, 0) is 14.2 Å². The van der Waals surface area contributed by atoms with E-state index in [1.165, 1.54) is 0 Å². The van der Waals surface area contributed by atoms with E-state index in [1.807, 2.05) is 41.5 Å². The van der Waals surface area contributed by atoms with Crippen LogP contribution in [0.3, 0.4) is 0 Å². The van der Waals surface area contributed by atoms with E-state index in [9.17, 15) is 29.7 Å². The molecule has 45 heavy (non-hydrogen) atoms. The summed E-state index contributed by atoms with van der Waals surface area (Å²) >= 11 is 35.0. The summed E-state index contributed by atoms with van der Waals surface area (Å²) in [5.41, 5.74) is -0.426. The third kappa shape index (κ3) is 12.5. The van der Waals surface area contributed by atoms with E-state index in [1.54, 1.807) is 0 Å². The zero-order valence-corrected chi connectivity index (χ0v) is 29.6. The first kappa shape index (κ1) is 42.2. The second-order valence-electron chi connectivity index (χ2n) is 7.59. The molecule has 0 aromatic heterocycles. The van der Waals surface area contributed by atoms with Crippen LogP contribution < -0.4 is 0 Å². The number of halogens is 6. The highest BCUT2D eigenvalue weighted by Gasteiger charge is 2.24. The molecule has 0 atom stereocenters. The fraction of sp³-hybridized carbons (Fsp3) is 0.300. The van der Waals surface area contributed by atoms with Crippen molar-refractivity contribution in [2.24, 2.45) is 0 Å². The fourth-order valence-corrected chi connectivity index (χ4v) is 4.35. The van der Waals surface area contributed by atoms with Crippen molar-refractivity contribution in [3.8, 4) is 17.2 Å². The van der Waals surface area contributed by atoms with E-state index in [2.05, 4.69) is 0 Å². The van der Waals surface area contributed by atoms with Gasteiger partial charge in [0.1, 0.15) is 13.2 Å². The van der Waals surface area contributed by atoms with E-state index in [4.69, 9.17) is 83.8 Å². The van der Waals surface area contributed by atoms with Crippen LogP contribution in [0.15, 0.2) is 36.4 Å². The van der Waals surface area contributed by atoms with E-state index in [-0.39, 0.29) is 46.8 Å². The van der Waals surface area contributed by atoms with Gasteiger partial charge in [0.25, 0.3) is 0 Å². The second-order valence-corrected chi connectivity index (χ2v) is 10.0. The third-order valence-corrected chi connectivity index (χ3v) is 6.56. The van der Waals surface area contributed by atoms with Gasteiger partial charge in [-0.25, -0.2) is 14.4 Å². The molecule has 0 aliphatic rings. The monoisotopic (exact) mass is 746 g/mol. The molecule has 0 radical (unpaired) electrons. The normalized spacial score (nSPS) is 9.80. The number of phenols is 3. The summed E-state index contributed by atoms with van der Waals surface area (Å²) in [6.45, 7) is 10.8. The molecule has 248 valence electrons. The van der Waals surface area contributed by atoms with E-state index < -0.39 is 54.5 Å². The van der Waals surface area contributed by atoms with Crippen molar-refractivity contribution in [1.82, 2.24) is 0 Å². The first-order valence-electron chi connectivity index (χ1n) is 13.4. The maximum absolute atomic E-state index is 12.7. The van der Waals surface area contributed by atoms with Gasteiger partial charge in [-0.3, -0.25) is 0 Å². The summed E-state index contributed by atoms with van der Waals surface area (Å²) in [5.74, 6) is -4.25. The van der Waals surface area contributed by atoms with Gasteiger partial charge in [-0.15, -0.1) is 0 Å². The molecule has 0 saturated heterocycles. The predicted octanol–water partition coefficient (Wildman–Crippen LogP) is 10.0. The van der Waals surface area contributed by atoms with Crippen molar-refractivity contribution in [2.45, 2.75) is 47.6 Å². The lowest BCUT2D eigenvalue weighted by Crippen LogP contribution is -2.31. The summed E-state index contributed by atoms with van der Waals surface area (Å²) in [6, 6.07) is 6.58. The molecule has 0 heterocycles. The number of carbonyl (C=O) groups excluding carboxylic acids is 3. The van der Waals surface area contributed by atoms with Crippen molar-refractivity contribution in [2.75, 3.05) is 13.2 Å². The van der Waals surface area contributed by atoms with Crippen molar-refractivity contribution in [3.63, 3.8) is 0 Å².